The van der Waals surface area contributed by atoms with Gasteiger partial charge in [0, 0.05) is 32.4 Å². The van der Waals surface area contributed by atoms with E-state index in [0.717, 1.165) is 5.69 Å². The lowest BCUT2D eigenvalue weighted by Crippen LogP contribution is -2.28. The van der Waals surface area contributed by atoms with Gasteiger partial charge in [0.1, 0.15) is 5.75 Å². The molecule has 0 spiro atoms. The lowest BCUT2D eigenvalue weighted by atomic mass is 10.1. The van der Waals surface area contributed by atoms with Gasteiger partial charge in [-0.1, -0.05) is 0 Å². The first-order valence-corrected chi connectivity index (χ1v) is 6.17. The Kier molecular flexibility index (Phi) is 5.36. The van der Waals surface area contributed by atoms with Crippen molar-refractivity contribution < 1.29 is 14.3 Å². The SMILES string of the molecule is CCNC(=O)COc1cc(N(C)C)ccc1C(C)=O. The first-order valence-electron chi connectivity index (χ1n) is 6.17. The van der Waals surface area contributed by atoms with Crippen molar-refractivity contribution >= 4 is 17.4 Å². The summed E-state index contributed by atoms with van der Waals surface area (Å²) >= 11 is 0. The molecule has 0 saturated heterocycles. The van der Waals surface area contributed by atoms with Crippen molar-refractivity contribution in [2.24, 2.45) is 0 Å². The fourth-order valence-electron chi connectivity index (χ4n) is 1.59. The average molecular weight is 264 g/mol. The number of hydrogen-bond acceptors (Lipinski definition) is 4. The highest BCUT2D eigenvalue weighted by Crippen LogP contribution is 2.25. The number of likely N-dealkylation sites (N-methyl/N-ethyl adjacent to an activating group) is 1. The van der Waals surface area contributed by atoms with Crippen LogP contribution in [0.4, 0.5) is 5.69 Å². The largest absolute Gasteiger partial charge is 0.483 e. The second-order valence-corrected chi connectivity index (χ2v) is 4.37. The molecular weight excluding hydrogens is 244 g/mol. The molecule has 0 radical (unpaired) electrons. The topological polar surface area (TPSA) is 58.6 Å². The minimum atomic E-state index is -0.202. The van der Waals surface area contributed by atoms with E-state index in [2.05, 4.69) is 5.32 Å². The third-order valence-electron chi connectivity index (χ3n) is 2.59. The van der Waals surface area contributed by atoms with Crippen molar-refractivity contribution in [2.45, 2.75) is 13.8 Å². The van der Waals surface area contributed by atoms with E-state index in [0.29, 0.717) is 17.9 Å². The van der Waals surface area contributed by atoms with Crippen LogP contribution in [-0.2, 0) is 4.79 Å². The number of amides is 1. The molecule has 1 N–H and O–H groups in total. The van der Waals surface area contributed by atoms with Gasteiger partial charge in [0.25, 0.3) is 5.91 Å². The monoisotopic (exact) mass is 264 g/mol. The summed E-state index contributed by atoms with van der Waals surface area (Å²) in [7, 11) is 3.80. The maximum atomic E-state index is 11.5. The van der Waals surface area contributed by atoms with Crippen molar-refractivity contribution in [1.82, 2.24) is 5.32 Å². The number of anilines is 1. The molecule has 0 aliphatic heterocycles. The molecule has 0 fully saturated rings. The molecule has 19 heavy (non-hydrogen) atoms. The Bertz CT molecular complexity index is 470. The van der Waals surface area contributed by atoms with Crippen molar-refractivity contribution in [3.05, 3.63) is 23.8 Å². The van der Waals surface area contributed by atoms with Gasteiger partial charge in [0.15, 0.2) is 12.4 Å². The molecule has 0 atom stereocenters. The van der Waals surface area contributed by atoms with Crippen molar-refractivity contribution in [2.75, 3.05) is 32.1 Å². The number of carbonyl (C=O) groups excluding carboxylic acids is 2. The number of ether oxygens (including phenoxy) is 1. The van der Waals surface area contributed by atoms with Crippen molar-refractivity contribution in [3.63, 3.8) is 0 Å². The highest BCUT2D eigenvalue weighted by atomic mass is 16.5. The zero-order chi connectivity index (χ0) is 14.4. The highest BCUT2D eigenvalue weighted by Gasteiger charge is 2.12. The van der Waals surface area contributed by atoms with Crippen LogP contribution in [0.2, 0.25) is 0 Å². The van der Waals surface area contributed by atoms with Gasteiger partial charge in [-0.15, -0.1) is 0 Å². The van der Waals surface area contributed by atoms with Crippen molar-refractivity contribution in [1.29, 1.82) is 0 Å². The molecule has 0 aliphatic rings. The summed E-state index contributed by atoms with van der Waals surface area (Å²) in [6.07, 6.45) is 0. The molecule has 5 heteroatoms. The average Bonchev–Trinajstić information content (AvgIpc) is 2.36. The summed E-state index contributed by atoms with van der Waals surface area (Å²) in [5, 5.41) is 2.64. The maximum Gasteiger partial charge on any atom is 0.257 e. The normalized spacial score (nSPS) is 9.89. The summed E-state index contributed by atoms with van der Waals surface area (Å²) in [5.74, 6) is 0.147. The fourth-order valence-corrected chi connectivity index (χ4v) is 1.59. The quantitative estimate of drug-likeness (QED) is 0.790. The van der Waals surface area contributed by atoms with E-state index < -0.39 is 0 Å². The third kappa shape index (κ3) is 4.28. The predicted molar refractivity (Wildman–Crippen MR) is 75.0 cm³/mol. The van der Waals surface area contributed by atoms with Crippen LogP contribution < -0.4 is 15.0 Å². The molecule has 0 unspecified atom stereocenters. The smallest absolute Gasteiger partial charge is 0.257 e. The molecule has 1 aromatic carbocycles. The Labute approximate surface area is 113 Å². The molecule has 1 rings (SSSR count). The third-order valence-corrected chi connectivity index (χ3v) is 2.59. The van der Waals surface area contributed by atoms with E-state index >= 15 is 0 Å². The van der Waals surface area contributed by atoms with Crippen LogP contribution in [0.25, 0.3) is 0 Å². The summed E-state index contributed by atoms with van der Waals surface area (Å²) in [6.45, 7) is 3.78. The van der Waals surface area contributed by atoms with E-state index in [9.17, 15) is 9.59 Å². The number of hydrogen-bond donors (Lipinski definition) is 1. The Balaban J connectivity index is 2.91. The van der Waals surface area contributed by atoms with Gasteiger partial charge in [0.2, 0.25) is 0 Å². The zero-order valence-electron chi connectivity index (χ0n) is 11.8. The Hall–Kier alpha value is -2.04. The molecule has 5 nitrogen and oxygen atoms in total. The van der Waals surface area contributed by atoms with Crippen LogP contribution in [-0.4, -0.2) is 38.9 Å². The Morgan fingerprint density at radius 1 is 1.32 bits per heavy atom. The van der Waals surface area contributed by atoms with E-state index in [1.165, 1.54) is 6.92 Å². The van der Waals surface area contributed by atoms with Gasteiger partial charge in [-0.3, -0.25) is 9.59 Å². The van der Waals surface area contributed by atoms with E-state index in [-0.39, 0.29) is 18.3 Å². The van der Waals surface area contributed by atoms with Gasteiger partial charge in [-0.2, -0.15) is 0 Å². The molecule has 0 saturated carbocycles. The number of nitrogens with one attached hydrogen (secondary N) is 1. The van der Waals surface area contributed by atoms with Crippen LogP contribution >= 0.6 is 0 Å². The molecule has 0 aromatic heterocycles. The number of nitrogens with zero attached hydrogens (tertiary/aromatic N) is 1. The highest BCUT2D eigenvalue weighted by molar-refractivity contribution is 5.97. The summed E-state index contributed by atoms with van der Waals surface area (Å²) in [4.78, 5) is 24.8. The second kappa shape index (κ2) is 6.78. The van der Waals surface area contributed by atoms with Crippen LogP contribution in [0.5, 0.6) is 5.75 Å². The number of ketones is 1. The lowest BCUT2D eigenvalue weighted by Gasteiger charge is -2.16. The van der Waals surface area contributed by atoms with Crippen LogP contribution in [0.15, 0.2) is 18.2 Å². The van der Waals surface area contributed by atoms with E-state index in [4.69, 9.17) is 4.74 Å². The number of carbonyl (C=O) groups is 2. The minimum Gasteiger partial charge on any atom is -0.483 e. The molecule has 0 aliphatic carbocycles. The minimum absolute atomic E-state index is 0.0868. The van der Waals surface area contributed by atoms with Gasteiger partial charge < -0.3 is 15.0 Å². The first kappa shape index (κ1) is 15.0. The van der Waals surface area contributed by atoms with Crippen LogP contribution in [0.3, 0.4) is 0 Å². The van der Waals surface area contributed by atoms with Crippen molar-refractivity contribution in [3.8, 4) is 5.75 Å². The predicted octanol–water partition coefficient (Wildman–Crippen LogP) is 1.47. The lowest BCUT2D eigenvalue weighted by molar-refractivity contribution is -0.122. The van der Waals surface area contributed by atoms with E-state index in [1.54, 1.807) is 12.1 Å². The first-order chi connectivity index (χ1) is 8.95. The number of benzene rings is 1. The standard InChI is InChI=1S/C14H20N2O3/c1-5-15-14(18)9-19-13-8-11(16(3)4)6-7-12(13)10(2)17/h6-8H,5,9H2,1-4H3,(H,15,18). The molecule has 0 bridgehead atoms. The van der Waals surface area contributed by atoms with Crippen LogP contribution in [0, 0.1) is 0 Å². The molecule has 104 valence electrons. The maximum absolute atomic E-state index is 11.5. The molecular formula is C14H20N2O3. The summed E-state index contributed by atoms with van der Waals surface area (Å²) < 4.78 is 5.44. The summed E-state index contributed by atoms with van der Waals surface area (Å²) in [5.41, 5.74) is 1.39. The van der Waals surface area contributed by atoms with Gasteiger partial charge >= 0.3 is 0 Å². The van der Waals surface area contributed by atoms with E-state index in [1.807, 2.05) is 32.0 Å². The Morgan fingerprint density at radius 3 is 2.53 bits per heavy atom. The molecule has 1 amide bonds. The zero-order valence-corrected chi connectivity index (χ0v) is 11.8. The van der Waals surface area contributed by atoms with Gasteiger partial charge in [-0.05, 0) is 26.0 Å². The molecule has 0 heterocycles. The Morgan fingerprint density at radius 2 is 2.00 bits per heavy atom. The van der Waals surface area contributed by atoms with Gasteiger partial charge in [0.05, 0.1) is 5.56 Å². The number of Topliss-reactive ketones (excluding diaryl/α,β-unsaturated/α-hetero) is 1. The van der Waals surface area contributed by atoms with Gasteiger partial charge in [-0.25, -0.2) is 0 Å². The fraction of sp³-hybridized carbons (Fsp3) is 0.429. The van der Waals surface area contributed by atoms with Crippen LogP contribution in [0.1, 0.15) is 24.2 Å². The second-order valence-electron chi connectivity index (χ2n) is 4.37. The molecule has 1 aromatic rings. The summed E-state index contributed by atoms with van der Waals surface area (Å²) in [6, 6.07) is 5.32. The number of rotatable bonds is 6.